The van der Waals surface area contributed by atoms with Gasteiger partial charge in [0.05, 0.1) is 12.7 Å². The fourth-order valence-electron chi connectivity index (χ4n) is 2.99. The van der Waals surface area contributed by atoms with Crippen LogP contribution in [0.15, 0.2) is 4.79 Å². The Morgan fingerprint density at radius 3 is 2.69 bits per heavy atom. The number of amides is 1. The predicted octanol–water partition coefficient (Wildman–Crippen LogP) is -1.11. The standard InChI is InChI=1S/C16H20N6O7/c1-3-27-16(26)13-12-14(21(19-13)6-10(17)24)15(25)22(20-18-12)11-5-4-9(29-11)7-28-8(2)23/h9,11H,3-7H2,1-2H3,(H2,17,24). The second kappa shape index (κ2) is 8.34. The third-order valence-electron chi connectivity index (χ3n) is 4.18. The lowest BCUT2D eigenvalue weighted by Crippen LogP contribution is -2.31. The zero-order valence-electron chi connectivity index (χ0n) is 15.9. The summed E-state index contributed by atoms with van der Waals surface area (Å²) in [6.07, 6.45) is -0.166. The van der Waals surface area contributed by atoms with Crippen LogP contribution in [0.3, 0.4) is 0 Å². The van der Waals surface area contributed by atoms with E-state index in [2.05, 4.69) is 15.4 Å². The number of esters is 2. The minimum absolute atomic E-state index is 0.0584. The molecule has 3 rings (SSSR count). The SMILES string of the molecule is CCOC(=O)c1nn(CC(N)=O)c2c(=O)n(C3CCC(COC(C)=O)O3)nnc12. The molecule has 1 aliphatic rings. The van der Waals surface area contributed by atoms with Gasteiger partial charge in [-0.05, 0) is 19.8 Å². The molecular formula is C16H20N6O7. The van der Waals surface area contributed by atoms with Gasteiger partial charge in [0, 0.05) is 6.92 Å². The average Bonchev–Trinajstić information content (AvgIpc) is 3.25. The molecule has 156 valence electrons. The summed E-state index contributed by atoms with van der Waals surface area (Å²) in [7, 11) is 0. The number of primary amides is 1. The molecule has 13 nitrogen and oxygen atoms in total. The normalized spacial score (nSPS) is 18.7. The molecule has 2 aromatic rings. The van der Waals surface area contributed by atoms with E-state index in [0.717, 1.165) is 9.36 Å². The predicted molar refractivity (Wildman–Crippen MR) is 94.5 cm³/mol. The smallest absolute Gasteiger partial charge is 0.361 e. The minimum atomic E-state index is -0.800. The van der Waals surface area contributed by atoms with Crippen molar-refractivity contribution in [3.63, 3.8) is 0 Å². The molecule has 2 atom stereocenters. The van der Waals surface area contributed by atoms with E-state index in [1.807, 2.05) is 0 Å². The topological polar surface area (TPSA) is 171 Å². The number of fused-ring (bicyclic) bond motifs is 1. The summed E-state index contributed by atoms with van der Waals surface area (Å²) < 4.78 is 17.6. The molecule has 2 aromatic heterocycles. The van der Waals surface area contributed by atoms with E-state index in [0.29, 0.717) is 12.8 Å². The van der Waals surface area contributed by atoms with Crippen LogP contribution in [0.4, 0.5) is 0 Å². The highest BCUT2D eigenvalue weighted by molar-refractivity contribution is 6.00. The van der Waals surface area contributed by atoms with Crippen molar-refractivity contribution in [2.24, 2.45) is 5.73 Å². The van der Waals surface area contributed by atoms with Crippen molar-refractivity contribution in [1.29, 1.82) is 0 Å². The first-order valence-corrected chi connectivity index (χ1v) is 8.92. The Morgan fingerprint density at radius 1 is 1.28 bits per heavy atom. The lowest BCUT2D eigenvalue weighted by molar-refractivity contribution is -0.146. The van der Waals surface area contributed by atoms with Gasteiger partial charge in [-0.25, -0.2) is 9.48 Å². The van der Waals surface area contributed by atoms with Gasteiger partial charge in [-0.1, -0.05) is 5.21 Å². The minimum Gasteiger partial charge on any atom is -0.463 e. The van der Waals surface area contributed by atoms with Gasteiger partial charge >= 0.3 is 11.9 Å². The van der Waals surface area contributed by atoms with Gasteiger partial charge in [-0.3, -0.25) is 14.4 Å². The Balaban J connectivity index is 1.98. The first kappa shape index (κ1) is 20.4. The monoisotopic (exact) mass is 408 g/mol. The second-order valence-electron chi connectivity index (χ2n) is 6.32. The van der Waals surface area contributed by atoms with E-state index < -0.39 is 36.2 Å². The molecule has 1 amide bonds. The third kappa shape index (κ3) is 4.23. The van der Waals surface area contributed by atoms with Gasteiger partial charge in [0.2, 0.25) is 5.91 Å². The number of aromatic nitrogens is 5. The molecule has 0 spiro atoms. The summed E-state index contributed by atoms with van der Waals surface area (Å²) in [5, 5.41) is 11.8. The first-order chi connectivity index (χ1) is 13.8. The number of nitrogens with two attached hydrogens (primary N) is 1. The van der Waals surface area contributed by atoms with Crippen molar-refractivity contribution in [3.8, 4) is 0 Å². The molecule has 0 aromatic carbocycles. The van der Waals surface area contributed by atoms with E-state index in [-0.39, 0.29) is 36.0 Å². The van der Waals surface area contributed by atoms with Crippen molar-refractivity contribution < 1.29 is 28.6 Å². The molecule has 0 saturated carbocycles. The third-order valence-corrected chi connectivity index (χ3v) is 4.18. The van der Waals surface area contributed by atoms with Crippen molar-refractivity contribution in [3.05, 3.63) is 16.0 Å². The average molecular weight is 408 g/mol. The van der Waals surface area contributed by atoms with Crippen LogP contribution >= 0.6 is 0 Å². The fraction of sp³-hybridized carbons (Fsp3) is 0.562. The van der Waals surface area contributed by atoms with Crippen LogP contribution in [0, 0.1) is 0 Å². The molecule has 2 N–H and O–H groups in total. The number of hydrogen-bond acceptors (Lipinski definition) is 10. The molecule has 0 aliphatic carbocycles. The lowest BCUT2D eigenvalue weighted by Gasteiger charge is -2.14. The molecule has 1 aliphatic heterocycles. The van der Waals surface area contributed by atoms with E-state index in [4.69, 9.17) is 19.9 Å². The number of ether oxygens (including phenoxy) is 3. The zero-order valence-corrected chi connectivity index (χ0v) is 15.9. The Morgan fingerprint density at radius 2 is 2.03 bits per heavy atom. The maximum absolute atomic E-state index is 13.0. The van der Waals surface area contributed by atoms with E-state index in [1.54, 1.807) is 6.92 Å². The molecule has 0 radical (unpaired) electrons. The zero-order chi connectivity index (χ0) is 21.1. The highest BCUT2D eigenvalue weighted by Gasteiger charge is 2.31. The highest BCUT2D eigenvalue weighted by atomic mass is 16.6. The van der Waals surface area contributed by atoms with Crippen molar-refractivity contribution in [2.45, 2.75) is 45.6 Å². The maximum Gasteiger partial charge on any atom is 0.361 e. The van der Waals surface area contributed by atoms with Gasteiger partial charge < -0.3 is 19.9 Å². The molecular weight excluding hydrogens is 388 g/mol. The molecule has 3 heterocycles. The van der Waals surface area contributed by atoms with Gasteiger partial charge in [0.1, 0.15) is 13.2 Å². The highest BCUT2D eigenvalue weighted by Crippen LogP contribution is 2.27. The van der Waals surface area contributed by atoms with Gasteiger partial charge in [0.15, 0.2) is 23.0 Å². The number of carbonyl (C=O) groups is 3. The van der Waals surface area contributed by atoms with Crippen molar-refractivity contribution in [2.75, 3.05) is 13.2 Å². The summed E-state index contributed by atoms with van der Waals surface area (Å²) in [5.41, 5.74) is 4.11. The number of hydrogen-bond donors (Lipinski definition) is 1. The number of carbonyl (C=O) groups excluding carboxylic acids is 3. The van der Waals surface area contributed by atoms with Crippen LogP contribution in [-0.2, 0) is 30.3 Å². The molecule has 1 fully saturated rings. The summed E-state index contributed by atoms with van der Waals surface area (Å²) >= 11 is 0. The van der Waals surface area contributed by atoms with Crippen LogP contribution in [0.5, 0.6) is 0 Å². The van der Waals surface area contributed by atoms with Gasteiger partial charge in [0.25, 0.3) is 5.56 Å². The first-order valence-electron chi connectivity index (χ1n) is 8.92. The Bertz CT molecular complexity index is 1010. The van der Waals surface area contributed by atoms with Crippen molar-refractivity contribution in [1.82, 2.24) is 24.8 Å². The van der Waals surface area contributed by atoms with Crippen LogP contribution in [-0.4, -0.2) is 61.9 Å². The van der Waals surface area contributed by atoms with Crippen LogP contribution < -0.4 is 11.3 Å². The van der Waals surface area contributed by atoms with Crippen molar-refractivity contribution >= 4 is 28.9 Å². The fourth-order valence-corrected chi connectivity index (χ4v) is 2.99. The second-order valence-corrected chi connectivity index (χ2v) is 6.32. The van der Waals surface area contributed by atoms with Crippen LogP contribution in [0.25, 0.3) is 11.0 Å². The summed E-state index contributed by atoms with van der Waals surface area (Å²) in [6, 6.07) is 0. The van der Waals surface area contributed by atoms with E-state index in [9.17, 15) is 19.2 Å². The summed E-state index contributed by atoms with van der Waals surface area (Å²) in [6.45, 7) is 2.62. The molecule has 13 heteroatoms. The largest absolute Gasteiger partial charge is 0.463 e. The molecule has 0 bridgehead atoms. The molecule has 1 saturated heterocycles. The molecule has 29 heavy (non-hydrogen) atoms. The lowest BCUT2D eigenvalue weighted by atomic mass is 10.2. The van der Waals surface area contributed by atoms with Gasteiger partial charge in [-0.15, -0.1) is 5.10 Å². The van der Waals surface area contributed by atoms with Gasteiger partial charge in [-0.2, -0.15) is 9.78 Å². The summed E-state index contributed by atoms with van der Waals surface area (Å²) in [4.78, 5) is 47.5. The quantitative estimate of drug-likeness (QED) is 0.554. The Labute approximate surface area is 163 Å². The number of rotatable bonds is 7. The number of nitrogens with zero attached hydrogens (tertiary/aromatic N) is 5. The molecule has 2 unspecified atom stereocenters. The summed E-state index contributed by atoms with van der Waals surface area (Å²) in [5.74, 6) is -1.99. The van der Waals surface area contributed by atoms with E-state index >= 15 is 0 Å². The van der Waals surface area contributed by atoms with Crippen LogP contribution in [0.1, 0.15) is 43.4 Å². The van der Waals surface area contributed by atoms with E-state index in [1.165, 1.54) is 6.92 Å². The Kier molecular flexibility index (Phi) is 5.87. The Hall–Kier alpha value is -3.35. The maximum atomic E-state index is 13.0. The van der Waals surface area contributed by atoms with Crippen LogP contribution in [0.2, 0.25) is 0 Å².